The number of hydrogen-bond donors (Lipinski definition) is 0. The van der Waals surface area contributed by atoms with E-state index in [1.807, 2.05) is 47.9 Å². The van der Waals surface area contributed by atoms with Gasteiger partial charge in [-0.25, -0.2) is 4.98 Å². The lowest BCUT2D eigenvalue weighted by molar-refractivity contribution is 0.395. The lowest BCUT2D eigenvalue weighted by atomic mass is 10.2. The van der Waals surface area contributed by atoms with Gasteiger partial charge in [-0.15, -0.1) is 21.5 Å². The van der Waals surface area contributed by atoms with E-state index < -0.39 is 0 Å². The standard InChI is InChI=1S/C21H19ClN4O2S2/c1-13-4-5-15(8-18(13)22)26-12-23-25-21(26)30-11-14-10-29-20(24-14)17-7-6-16(27-2)9-19(17)28-3/h4-10,12H,11H2,1-3H3. The zero-order chi connectivity index (χ0) is 21.1. The molecule has 0 aliphatic rings. The molecule has 0 saturated carbocycles. The molecule has 0 N–H and O–H groups in total. The summed E-state index contributed by atoms with van der Waals surface area (Å²) in [6, 6.07) is 11.6. The molecule has 0 aliphatic carbocycles. The molecule has 0 unspecified atom stereocenters. The molecule has 0 saturated heterocycles. The Balaban J connectivity index is 1.51. The van der Waals surface area contributed by atoms with Crippen molar-refractivity contribution in [2.75, 3.05) is 14.2 Å². The maximum absolute atomic E-state index is 6.27. The van der Waals surface area contributed by atoms with Crippen molar-refractivity contribution in [1.29, 1.82) is 0 Å². The first-order chi connectivity index (χ1) is 14.6. The second-order valence-electron chi connectivity index (χ2n) is 6.42. The maximum Gasteiger partial charge on any atom is 0.195 e. The van der Waals surface area contributed by atoms with E-state index in [-0.39, 0.29) is 0 Å². The van der Waals surface area contributed by atoms with Gasteiger partial charge >= 0.3 is 0 Å². The van der Waals surface area contributed by atoms with Crippen molar-refractivity contribution in [3.8, 4) is 27.8 Å². The predicted octanol–water partition coefficient (Wildman–Crippen LogP) is 5.66. The zero-order valence-electron chi connectivity index (χ0n) is 16.6. The highest BCUT2D eigenvalue weighted by atomic mass is 35.5. The molecule has 0 bridgehead atoms. The number of halogens is 1. The van der Waals surface area contributed by atoms with Crippen LogP contribution >= 0.6 is 34.7 Å². The Morgan fingerprint density at radius 3 is 2.77 bits per heavy atom. The van der Waals surface area contributed by atoms with E-state index in [2.05, 4.69) is 15.6 Å². The summed E-state index contributed by atoms with van der Waals surface area (Å²) in [4.78, 5) is 4.77. The van der Waals surface area contributed by atoms with Gasteiger partial charge in [0.1, 0.15) is 22.8 Å². The van der Waals surface area contributed by atoms with E-state index in [4.69, 9.17) is 26.1 Å². The number of thiazole rings is 1. The Hall–Kier alpha value is -2.55. The first kappa shape index (κ1) is 20.7. The molecule has 4 rings (SSSR count). The highest BCUT2D eigenvalue weighted by molar-refractivity contribution is 7.98. The van der Waals surface area contributed by atoms with Crippen LogP contribution in [-0.2, 0) is 5.75 Å². The van der Waals surface area contributed by atoms with Crippen LogP contribution in [0.3, 0.4) is 0 Å². The molecule has 0 aliphatic heterocycles. The summed E-state index contributed by atoms with van der Waals surface area (Å²) in [6.07, 6.45) is 1.69. The average molecular weight is 459 g/mol. The number of ether oxygens (including phenoxy) is 2. The smallest absolute Gasteiger partial charge is 0.195 e. The summed E-state index contributed by atoms with van der Waals surface area (Å²) >= 11 is 9.43. The van der Waals surface area contributed by atoms with Gasteiger partial charge in [-0.05, 0) is 36.8 Å². The summed E-state index contributed by atoms with van der Waals surface area (Å²) < 4.78 is 12.7. The number of methoxy groups -OCH3 is 2. The van der Waals surface area contributed by atoms with Crippen molar-refractivity contribution < 1.29 is 9.47 Å². The molecule has 2 heterocycles. The summed E-state index contributed by atoms with van der Waals surface area (Å²) in [6.45, 7) is 1.98. The Morgan fingerprint density at radius 1 is 1.13 bits per heavy atom. The Labute approximate surface area is 187 Å². The fourth-order valence-corrected chi connectivity index (χ4v) is 4.79. The summed E-state index contributed by atoms with van der Waals surface area (Å²) in [7, 11) is 3.28. The molecule has 2 aromatic carbocycles. The third-order valence-electron chi connectivity index (χ3n) is 4.49. The van der Waals surface area contributed by atoms with Gasteiger partial charge in [0.05, 0.1) is 31.2 Å². The van der Waals surface area contributed by atoms with Gasteiger partial charge < -0.3 is 9.47 Å². The first-order valence-corrected chi connectivity index (χ1v) is 11.3. The van der Waals surface area contributed by atoms with Crippen molar-refractivity contribution in [3.05, 3.63) is 64.4 Å². The van der Waals surface area contributed by atoms with Crippen LogP contribution in [0, 0.1) is 6.92 Å². The molecule has 0 fully saturated rings. The maximum atomic E-state index is 6.27. The molecule has 154 valence electrons. The minimum atomic E-state index is 0.674. The molecular formula is C21H19ClN4O2S2. The fraction of sp³-hybridized carbons (Fsp3) is 0.190. The predicted molar refractivity (Wildman–Crippen MR) is 121 cm³/mol. The fourth-order valence-electron chi connectivity index (χ4n) is 2.84. The van der Waals surface area contributed by atoms with Gasteiger partial charge in [-0.2, -0.15) is 0 Å². The van der Waals surface area contributed by atoms with Crippen molar-refractivity contribution in [1.82, 2.24) is 19.7 Å². The van der Waals surface area contributed by atoms with E-state index in [1.165, 1.54) is 0 Å². The van der Waals surface area contributed by atoms with E-state index >= 15 is 0 Å². The molecule has 30 heavy (non-hydrogen) atoms. The lowest BCUT2D eigenvalue weighted by Crippen LogP contribution is -1.96. The van der Waals surface area contributed by atoms with Crippen LogP contribution < -0.4 is 9.47 Å². The Kier molecular flexibility index (Phi) is 6.26. The van der Waals surface area contributed by atoms with Crippen LogP contribution in [0.5, 0.6) is 11.5 Å². The molecular weight excluding hydrogens is 440 g/mol. The molecule has 9 heteroatoms. The number of aromatic nitrogens is 4. The normalized spacial score (nSPS) is 10.9. The zero-order valence-corrected chi connectivity index (χ0v) is 19.0. The van der Waals surface area contributed by atoms with Crippen LogP contribution in [0.4, 0.5) is 0 Å². The van der Waals surface area contributed by atoms with Crippen LogP contribution in [0.2, 0.25) is 5.02 Å². The largest absolute Gasteiger partial charge is 0.497 e. The monoisotopic (exact) mass is 458 g/mol. The third kappa shape index (κ3) is 4.30. The van der Waals surface area contributed by atoms with Gasteiger partial charge in [-0.3, -0.25) is 4.57 Å². The van der Waals surface area contributed by atoms with E-state index in [9.17, 15) is 0 Å². The minimum Gasteiger partial charge on any atom is -0.497 e. The highest BCUT2D eigenvalue weighted by Crippen LogP contribution is 2.36. The number of hydrogen-bond acceptors (Lipinski definition) is 7. The summed E-state index contributed by atoms with van der Waals surface area (Å²) in [5.74, 6) is 2.16. The first-order valence-electron chi connectivity index (χ1n) is 9.05. The number of benzene rings is 2. The number of thioether (sulfide) groups is 1. The third-order valence-corrected chi connectivity index (χ3v) is 6.80. The average Bonchev–Trinajstić information content (AvgIpc) is 3.43. The molecule has 6 nitrogen and oxygen atoms in total. The second kappa shape index (κ2) is 9.07. The van der Waals surface area contributed by atoms with E-state index in [1.54, 1.807) is 43.6 Å². The highest BCUT2D eigenvalue weighted by Gasteiger charge is 2.14. The molecule has 2 aromatic heterocycles. The quantitative estimate of drug-likeness (QED) is 0.333. The van der Waals surface area contributed by atoms with E-state index in [0.717, 1.165) is 49.2 Å². The number of rotatable bonds is 7. The summed E-state index contributed by atoms with van der Waals surface area (Å²) in [5.41, 5.74) is 3.87. The van der Waals surface area contributed by atoms with Crippen molar-refractivity contribution in [2.45, 2.75) is 17.8 Å². The van der Waals surface area contributed by atoms with Crippen molar-refractivity contribution in [2.24, 2.45) is 0 Å². The van der Waals surface area contributed by atoms with Crippen LogP contribution in [0.25, 0.3) is 16.3 Å². The molecule has 4 aromatic rings. The second-order valence-corrected chi connectivity index (χ2v) is 8.62. The SMILES string of the molecule is COc1ccc(-c2nc(CSc3nncn3-c3ccc(C)c(Cl)c3)cs2)c(OC)c1. The van der Waals surface area contributed by atoms with Gasteiger partial charge in [0.15, 0.2) is 5.16 Å². The van der Waals surface area contributed by atoms with Crippen LogP contribution in [0.15, 0.2) is 53.3 Å². The molecule has 0 amide bonds. The van der Waals surface area contributed by atoms with Gasteiger partial charge in [0.25, 0.3) is 0 Å². The van der Waals surface area contributed by atoms with Crippen LogP contribution in [-0.4, -0.2) is 34.0 Å². The topological polar surface area (TPSA) is 62.1 Å². The van der Waals surface area contributed by atoms with E-state index in [0.29, 0.717) is 5.75 Å². The minimum absolute atomic E-state index is 0.674. The number of aryl methyl sites for hydroxylation is 1. The van der Waals surface area contributed by atoms with Crippen LogP contribution in [0.1, 0.15) is 11.3 Å². The number of nitrogens with zero attached hydrogens (tertiary/aromatic N) is 4. The van der Waals surface area contributed by atoms with Gasteiger partial charge in [0, 0.05) is 22.2 Å². The molecule has 0 radical (unpaired) electrons. The van der Waals surface area contributed by atoms with Gasteiger partial charge in [0.2, 0.25) is 0 Å². The molecule has 0 spiro atoms. The lowest BCUT2D eigenvalue weighted by Gasteiger charge is -2.08. The Morgan fingerprint density at radius 2 is 2.00 bits per heavy atom. The summed E-state index contributed by atoms with van der Waals surface area (Å²) in [5, 5.41) is 12.8. The molecule has 0 atom stereocenters. The Bertz CT molecular complexity index is 1180. The van der Waals surface area contributed by atoms with Crippen molar-refractivity contribution >= 4 is 34.7 Å². The van der Waals surface area contributed by atoms with Crippen molar-refractivity contribution in [3.63, 3.8) is 0 Å². The van der Waals surface area contributed by atoms with Gasteiger partial charge in [-0.1, -0.05) is 29.4 Å².